The van der Waals surface area contributed by atoms with E-state index in [9.17, 15) is 4.79 Å². The third-order valence-electron chi connectivity index (χ3n) is 5.41. The summed E-state index contributed by atoms with van der Waals surface area (Å²) in [7, 11) is 2.16. The lowest BCUT2D eigenvalue weighted by atomic mass is 10.1. The maximum Gasteiger partial charge on any atom is 0.274 e. The van der Waals surface area contributed by atoms with Gasteiger partial charge in [-0.2, -0.15) is 5.10 Å². The van der Waals surface area contributed by atoms with Crippen LogP contribution < -0.4 is 0 Å². The van der Waals surface area contributed by atoms with Gasteiger partial charge in [0.1, 0.15) is 0 Å². The predicted molar refractivity (Wildman–Crippen MR) is 97.8 cm³/mol. The summed E-state index contributed by atoms with van der Waals surface area (Å²) in [4.78, 5) is 22.8. The highest BCUT2D eigenvalue weighted by Gasteiger charge is 2.31. The quantitative estimate of drug-likeness (QED) is 0.889. The number of carbonyl (C=O) groups excluding carboxylic acids is 1. The molecule has 6 nitrogen and oxygen atoms in total. The molecular weight excluding hydrogens is 334 g/mol. The van der Waals surface area contributed by atoms with E-state index in [0.29, 0.717) is 11.6 Å². The summed E-state index contributed by atoms with van der Waals surface area (Å²) in [5, 5.41) is 7.35. The number of nitrogens with zero attached hydrogens (tertiary/aromatic N) is 4. The Balaban J connectivity index is 1.33. The largest absolute Gasteiger partial charge is 0.337 e. The van der Waals surface area contributed by atoms with Crippen molar-refractivity contribution in [3.8, 4) is 0 Å². The number of aryl methyl sites for hydroxylation is 2. The van der Waals surface area contributed by atoms with Crippen LogP contribution in [0, 0.1) is 12.8 Å². The Morgan fingerprint density at radius 3 is 3.16 bits per heavy atom. The first kappa shape index (κ1) is 16.7. The summed E-state index contributed by atoms with van der Waals surface area (Å²) >= 11 is 1.72. The van der Waals surface area contributed by atoms with Crippen LogP contribution in [0.4, 0.5) is 0 Å². The van der Waals surface area contributed by atoms with E-state index in [1.165, 1.54) is 10.6 Å². The fourth-order valence-corrected chi connectivity index (χ4v) is 4.90. The van der Waals surface area contributed by atoms with E-state index in [1.54, 1.807) is 11.3 Å². The van der Waals surface area contributed by atoms with Crippen molar-refractivity contribution in [2.75, 3.05) is 26.7 Å². The van der Waals surface area contributed by atoms with Gasteiger partial charge in [0.25, 0.3) is 5.91 Å². The molecule has 1 N–H and O–H groups in total. The molecule has 2 aromatic heterocycles. The van der Waals surface area contributed by atoms with Gasteiger partial charge in [0.2, 0.25) is 0 Å². The zero-order chi connectivity index (χ0) is 17.4. The molecule has 2 aliphatic rings. The number of fused-ring (bicyclic) bond motifs is 1. The Morgan fingerprint density at radius 1 is 1.48 bits per heavy atom. The van der Waals surface area contributed by atoms with Gasteiger partial charge >= 0.3 is 0 Å². The van der Waals surface area contributed by atoms with Gasteiger partial charge in [0.05, 0.1) is 11.2 Å². The SMILES string of the molecule is Cc1ncsc1CN(C)C[C@H]1CCN(C(=O)c2n[nH]c3c2CCC3)C1. The zero-order valence-corrected chi connectivity index (χ0v) is 15.7. The number of likely N-dealkylation sites (tertiary alicyclic amines) is 1. The maximum atomic E-state index is 12.8. The van der Waals surface area contributed by atoms with Crippen LogP contribution in [0.25, 0.3) is 0 Å². The van der Waals surface area contributed by atoms with Gasteiger partial charge in [-0.25, -0.2) is 4.98 Å². The van der Waals surface area contributed by atoms with Crippen molar-refractivity contribution in [2.24, 2.45) is 5.92 Å². The topological polar surface area (TPSA) is 65.1 Å². The van der Waals surface area contributed by atoms with Crippen LogP contribution in [0.5, 0.6) is 0 Å². The minimum absolute atomic E-state index is 0.114. The summed E-state index contributed by atoms with van der Waals surface area (Å²) < 4.78 is 0. The minimum Gasteiger partial charge on any atom is -0.337 e. The molecule has 1 saturated heterocycles. The molecule has 134 valence electrons. The van der Waals surface area contributed by atoms with Crippen LogP contribution in [0.1, 0.15) is 45.2 Å². The Labute approximate surface area is 152 Å². The highest BCUT2D eigenvalue weighted by molar-refractivity contribution is 7.09. The highest BCUT2D eigenvalue weighted by atomic mass is 32.1. The van der Waals surface area contributed by atoms with Crippen molar-refractivity contribution < 1.29 is 4.79 Å². The Kier molecular flexibility index (Phi) is 4.60. The maximum absolute atomic E-state index is 12.8. The van der Waals surface area contributed by atoms with Crippen LogP contribution in [-0.4, -0.2) is 57.6 Å². The standard InChI is InChI=1S/C18H25N5OS/c1-12-16(25-11-19-12)10-22(2)8-13-6-7-23(9-13)18(24)17-14-4-3-5-15(14)20-21-17/h11,13H,3-10H2,1-2H3,(H,20,21)/t13-/m1/s1. The van der Waals surface area contributed by atoms with Gasteiger partial charge in [0.15, 0.2) is 5.69 Å². The van der Waals surface area contributed by atoms with Crippen molar-refractivity contribution in [2.45, 2.75) is 39.2 Å². The Morgan fingerprint density at radius 2 is 2.36 bits per heavy atom. The van der Waals surface area contributed by atoms with E-state index in [0.717, 1.165) is 63.1 Å². The molecule has 4 rings (SSSR count). The molecule has 0 bridgehead atoms. The van der Waals surface area contributed by atoms with E-state index in [1.807, 2.05) is 10.4 Å². The van der Waals surface area contributed by atoms with Crippen molar-refractivity contribution in [3.63, 3.8) is 0 Å². The molecule has 25 heavy (non-hydrogen) atoms. The number of aromatic nitrogens is 3. The molecule has 1 atom stereocenters. The molecule has 1 aliphatic heterocycles. The molecule has 0 saturated carbocycles. The van der Waals surface area contributed by atoms with Gasteiger partial charge < -0.3 is 9.80 Å². The summed E-state index contributed by atoms with van der Waals surface area (Å²) in [6.07, 6.45) is 4.22. The van der Waals surface area contributed by atoms with Crippen molar-refractivity contribution in [1.29, 1.82) is 0 Å². The molecule has 1 fully saturated rings. The first-order valence-electron chi connectivity index (χ1n) is 9.04. The van der Waals surface area contributed by atoms with E-state index < -0.39 is 0 Å². The second-order valence-electron chi connectivity index (χ2n) is 7.35. The summed E-state index contributed by atoms with van der Waals surface area (Å²) in [6, 6.07) is 0. The molecule has 0 aromatic carbocycles. The summed E-state index contributed by atoms with van der Waals surface area (Å²) in [5.41, 5.74) is 6.04. The van der Waals surface area contributed by atoms with Gasteiger partial charge in [-0.1, -0.05) is 0 Å². The Bertz CT molecular complexity index is 767. The normalized spacial score (nSPS) is 19.8. The lowest BCUT2D eigenvalue weighted by Crippen LogP contribution is -2.32. The number of carbonyl (C=O) groups is 1. The molecule has 0 unspecified atom stereocenters. The van der Waals surface area contributed by atoms with Gasteiger partial charge in [-0.15, -0.1) is 11.3 Å². The molecule has 0 radical (unpaired) electrons. The van der Waals surface area contributed by atoms with Crippen LogP contribution in [-0.2, 0) is 19.4 Å². The van der Waals surface area contributed by atoms with E-state index >= 15 is 0 Å². The highest BCUT2D eigenvalue weighted by Crippen LogP contribution is 2.26. The van der Waals surface area contributed by atoms with Crippen molar-refractivity contribution in [3.05, 3.63) is 33.0 Å². The first-order chi connectivity index (χ1) is 12.1. The smallest absolute Gasteiger partial charge is 0.274 e. The molecule has 1 aliphatic carbocycles. The fraction of sp³-hybridized carbons (Fsp3) is 0.611. The van der Waals surface area contributed by atoms with Crippen LogP contribution >= 0.6 is 11.3 Å². The fourth-order valence-electron chi connectivity index (χ4n) is 4.04. The first-order valence-corrected chi connectivity index (χ1v) is 9.92. The predicted octanol–water partition coefficient (Wildman–Crippen LogP) is 2.26. The lowest BCUT2D eigenvalue weighted by molar-refractivity contribution is 0.0777. The number of aromatic amines is 1. The van der Waals surface area contributed by atoms with Crippen molar-refractivity contribution in [1.82, 2.24) is 25.0 Å². The van der Waals surface area contributed by atoms with E-state index in [-0.39, 0.29) is 5.91 Å². The second-order valence-corrected chi connectivity index (χ2v) is 8.29. The molecule has 1 amide bonds. The molecule has 7 heteroatoms. The van der Waals surface area contributed by atoms with Crippen molar-refractivity contribution >= 4 is 17.2 Å². The zero-order valence-electron chi connectivity index (χ0n) is 14.9. The lowest BCUT2D eigenvalue weighted by Gasteiger charge is -2.21. The van der Waals surface area contributed by atoms with Crippen LogP contribution in [0.2, 0.25) is 0 Å². The number of hydrogen-bond acceptors (Lipinski definition) is 5. The van der Waals surface area contributed by atoms with Gasteiger partial charge in [-0.3, -0.25) is 9.89 Å². The Hall–Kier alpha value is -1.73. The number of amides is 1. The van der Waals surface area contributed by atoms with E-state index in [2.05, 4.69) is 34.1 Å². The number of rotatable bonds is 5. The third-order valence-corrected chi connectivity index (χ3v) is 6.33. The molecule has 2 aromatic rings. The second kappa shape index (κ2) is 6.88. The third kappa shape index (κ3) is 3.35. The van der Waals surface area contributed by atoms with Gasteiger partial charge in [-0.05, 0) is 45.6 Å². The summed E-state index contributed by atoms with van der Waals surface area (Å²) in [5.74, 6) is 0.650. The molecule has 3 heterocycles. The monoisotopic (exact) mass is 359 g/mol. The average molecular weight is 359 g/mol. The minimum atomic E-state index is 0.114. The molecule has 0 spiro atoms. The van der Waals surface area contributed by atoms with E-state index in [4.69, 9.17) is 0 Å². The summed E-state index contributed by atoms with van der Waals surface area (Å²) in [6.45, 7) is 5.70. The number of nitrogens with one attached hydrogen (secondary N) is 1. The number of hydrogen-bond donors (Lipinski definition) is 1. The number of H-pyrrole nitrogens is 1. The average Bonchev–Trinajstić information content (AvgIpc) is 3.32. The van der Waals surface area contributed by atoms with Gasteiger partial charge in [0, 0.05) is 42.3 Å². The number of thiazole rings is 1. The molecular formula is C18H25N5OS. The van der Waals surface area contributed by atoms with Crippen LogP contribution in [0.15, 0.2) is 5.51 Å². The van der Waals surface area contributed by atoms with Crippen LogP contribution in [0.3, 0.4) is 0 Å².